The Morgan fingerprint density at radius 3 is 2.53 bits per heavy atom. The first-order valence-electron chi connectivity index (χ1n) is 10.3. The third-order valence-electron chi connectivity index (χ3n) is 6.19. The summed E-state index contributed by atoms with van der Waals surface area (Å²) in [6, 6.07) is 10.4. The molecule has 160 valence electrons. The Bertz CT molecular complexity index is 1070. The molecule has 30 heavy (non-hydrogen) atoms. The van der Waals surface area contributed by atoms with Gasteiger partial charge in [0.15, 0.2) is 0 Å². The van der Waals surface area contributed by atoms with Crippen molar-refractivity contribution in [2.24, 2.45) is 0 Å². The molecule has 2 aliphatic rings. The van der Waals surface area contributed by atoms with E-state index in [1.165, 1.54) is 0 Å². The van der Waals surface area contributed by atoms with Crippen LogP contribution in [0.15, 0.2) is 47.5 Å². The fourth-order valence-corrected chi connectivity index (χ4v) is 6.67. The Balaban J connectivity index is 1.69. The number of carbonyl (C=O) groups is 1. The molecule has 0 bridgehead atoms. The standard InChI is InChI=1S/C22H28N4O3S/c1-15(2)26-19-14-25(21(27)12-17-9-6-5-8-16(17)3)13-18(19)24(4)22-20(30(26,28)29)10-7-11-23-22/h5-11,15,18-19H,12-14H2,1-4H3/t18-,19-/m0/s1. The molecule has 0 saturated carbocycles. The summed E-state index contributed by atoms with van der Waals surface area (Å²) in [7, 11) is -1.86. The highest BCUT2D eigenvalue weighted by atomic mass is 32.2. The average Bonchev–Trinajstić information content (AvgIpc) is 3.11. The summed E-state index contributed by atoms with van der Waals surface area (Å²) in [5, 5.41) is 0. The van der Waals surface area contributed by atoms with Gasteiger partial charge in [0.25, 0.3) is 0 Å². The topological polar surface area (TPSA) is 73.8 Å². The predicted molar refractivity (Wildman–Crippen MR) is 116 cm³/mol. The van der Waals surface area contributed by atoms with Gasteiger partial charge in [-0.15, -0.1) is 0 Å². The molecule has 0 N–H and O–H groups in total. The summed E-state index contributed by atoms with van der Waals surface area (Å²) >= 11 is 0. The Morgan fingerprint density at radius 1 is 1.13 bits per heavy atom. The van der Waals surface area contributed by atoms with Crippen molar-refractivity contribution < 1.29 is 13.2 Å². The van der Waals surface area contributed by atoms with Crippen LogP contribution in [0.3, 0.4) is 0 Å². The number of likely N-dealkylation sites (N-methyl/N-ethyl adjacent to an activating group) is 1. The summed E-state index contributed by atoms with van der Waals surface area (Å²) in [6.07, 6.45) is 1.93. The first-order chi connectivity index (χ1) is 14.2. The van der Waals surface area contributed by atoms with Crippen LogP contribution in [0.4, 0.5) is 5.82 Å². The van der Waals surface area contributed by atoms with E-state index in [1.54, 1.807) is 27.5 Å². The number of fused-ring (bicyclic) bond motifs is 2. The van der Waals surface area contributed by atoms with Gasteiger partial charge in [0.1, 0.15) is 10.7 Å². The lowest BCUT2D eigenvalue weighted by Crippen LogP contribution is -2.52. The van der Waals surface area contributed by atoms with Crippen LogP contribution in [0.5, 0.6) is 0 Å². The molecule has 0 aliphatic carbocycles. The van der Waals surface area contributed by atoms with Crippen molar-refractivity contribution in [3.63, 3.8) is 0 Å². The van der Waals surface area contributed by atoms with Crippen LogP contribution in [-0.2, 0) is 21.2 Å². The quantitative estimate of drug-likeness (QED) is 0.748. The number of nitrogens with zero attached hydrogens (tertiary/aromatic N) is 4. The second kappa shape index (κ2) is 7.67. The van der Waals surface area contributed by atoms with Crippen molar-refractivity contribution in [3.8, 4) is 0 Å². The zero-order valence-electron chi connectivity index (χ0n) is 17.8. The summed E-state index contributed by atoms with van der Waals surface area (Å²) in [4.78, 5) is 21.5. The largest absolute Gasteiger partial charge is 0.352 e. The van der Waals surface area contributed by atoms with Crippen LogP contribution in [0.1, 0.15) is 25.0 Å². The molecular formula is C22H28N4O3S. The van der Waals surface area contributed by atoms with Gasteiger partial charge in [-0.05, 0) is 44.0 Å². The minimum atomic E-state index is -3.73. The molecule has 1 amide bonds. The number of hydrogen-bond donors (Lipinski definition) is 0. The minimum absolute atomic E-state index is 0.0214. The van der Waals surface area contributed by atoms with E-state index in [0.29, 0.717) is 25.3 Å². The lowest BCUT2D eigenvalue weighted by atomic mass is 10.1. The number of carbonyl (C=O) groups excluding carboxylic acids is 1. The molecular weight excluding hydrogens is 400 g/mol. The van der Waals surface area contributed by atoms with Crippen molar-refractivity contribution in [1.82, 2.24) is 14.2 Å². The predicted octanol–water partition coefficient (Wildman–Crippen LogP) is 2.06. The number of aryl methyl sites for hydroxylation is 1. The normalized spacial score (nSPS) is 23.2. The average molecular weight is 429 g/mol. The number of rotatable bonds is 3. The van der Waals surface area contributed by atoms with E-state index in [1.807, 2.05) is 57.0 Å². The fraction of sp³-hybridized carbons (Fsp3) is 0.455. The molecule has 1 fully saturated rings. The second-order valence-electron chi connectivity index (χ2n) is 8.40. The van der Waals surface area contributed by atoms with Gasteiger partial charge in [-0.3, -0.25) is 4.79 Å². The Morgan fingerprint density at radius 2 is 1.83 bits per heavy atom. The zero-order valence-corrected chi connectivity index (χ0v) is 18.6. The van der Waals surface area contributed by atoms with Gasteiger partial charge < -0.3 is 9.80 Å². The maximum absolute atomic E-state index is 13.5. The van der Waals surface area contributed by atoms with Gasteiger partial charge in [0, 0.05) is 32.4 Å². The number of hydrogen-bond acceptors (Lipinski definition) is 5. The van der Waals surface area contributed by atoms with Crippen LogP contribution >= 0.6 is 0 Å². The minimum Gasteiger partial charge on any atom is -0.352 e. The Labute approximate surface area is 178 Å². The molecule has 2 aromatic rings. The van der Waals surface area contributed by atoms with Gasteiger partial charge in [0.05, 0.1) is 18.5 Å². The molecule has 1 saturated heterocycles. The zero-order chi connectivity index (χ0) is 21.6. The third kappa shape index (κ3) is 3.37. The van der Waals surface area contributed by atoms with E-state index < -0.39 is 10.0 Å². The first kappa shape index (κ1) is 20.8. The van der Waals surface area contributed by atoms with E-state index in [9.17, 15) is 13.2 Å². The first-order valence-corrected chi connectivity index (χ1v) is 11.7. The summed E-state index contributed by atoms with van der Waals surface area (Å²) in [6.45, 7) is 6.62. The van der Waals surface area contributed by atoms with Crippen LogP contribution in [0.25, 0.3) is 0 Å². The highest BCUT2D eigenvalue weighted by Crippen LogP contribution is 2.37. The second-order valence-corrected chi connectivity index (χ2v) is 10.2. The number of pyridine rings is 1. The van der Waals surface area contributed by atoms with E-state index >= 15 is 0 Å². The monoisotopic (exact) mass is 428 g/mol. The molecule has 2 aliphatic heterocycles. The number of likely N-dealkylation sites (tertiary alicyclic amines) is 1. The van der Waals surface area contributed by atoms with Crippen molar-refractivity contribution in [3.05, 3.63) is 53.7 Å². The van der Waals surface area contributed by atoms with Crippen LogP contribution in [0, 0.1) is 6.92 Å². The Hall–Kier alpha value is -2.45. The van der Waals surface area contributed by atoms with E-state index in [-0.39, 0.29) is 28.9 Å². The highest BCUT2D eigenvalue weighted by molar-refractivity contribution is 7.89. The smallest absolute Gasteiger partial charge is 0.247 e. The lowest BCUT2D eigenvalue weighted by Gasteiger charge is -2.33. The molecule has 8 heteroatoms. The third-order valence-corrected chi connectivity index (χ3v) is 8.31. The molecule has 0 spiro atoms. The van der Waals surface area contributed by atoms with E-state index in [4.69, 9.17) is 0 Å². The van der Waals surface area contributed by atoms with Crippen molar-refractivity contribution >= 4 is 21.7 Å². The maximum atomic E-state index is 13.5. The van der Waals surface area contributed by atoms with E-state index in [0.717, 1.165) is 11.1 Å². The summed E-state index contributed by atoms with van der Waals surface area (Å²) in [5.74, 6) is 0.469. The number of benzene rings is 1. The molecule has 3 heterocycles. The fourth-order valence-electron chi connectivity index (χ4n) is 4.64. The Kier molecular flexibility index (Phi) is 5.32. The summed E-state index contributed by atoms with van der Waals surface area (Å²) in [5.41, 5.74) is 2.09. The molecule has 2 atom stereocenters. The molecule has 7 nitrogen and oxygen atoms in total. The molecule has 0 unspecified atom stereocenters. The van der Waals surface area contributed by atoms with Crippen LogP contribution in [-0.4, -0.2) is 66.8 Å². The number of anilines is 1. The van der Waals surface area contributed by atoms with Crippen molar-refractivity contribution in [1.29, 1.82) is 0 Å². The van der Waals surface area contributed by atoms with Gasteiger partial charge >= 0.3 is 0 Å². The van der Waals surface area contributed by atoms with Gasteiger partial charge in [-0.25, -0.2) is 13.4 Å². The molecule has 4 rings (SSSR count). The van der Waals surface area contributed by atoms with Gasteiger partial charge in [-0.2, -0.15) is 4.31 Å². The van der Waals surface area contributed by atoms with Crippen molar-refractivity contribution in [2.75, 3.05) is 25.0 Å². The molecule has 1 aromatic heterocycles. The SMILES string of the molecule is Cc1ccccc1CC(=O)N1C[C@H]2[C@H](C1)N(C(C)C)S(=O)(=O)c1cccnc1N2C. The maximum Gasteiger partial charge on any atom is 0.247 e. The van der Waals surface area contributed by atoms with Crippen molar-refractivity contribution in [2.45, 2.75) is 50.2 Å². The van der Waals surface area contributed by atoms with E-state index in [2.05, 4.69) is 4.98 Å². The highest BCUT2D eigenvalue weighted by Gasteiger charge is 2.50. The molecule has 0 radical (unpaired) electrons. The number of sulfonamides is 1. The van der Waals surface area contributed by atoms with Crippen LogP contribution < -0.4 is 4.90 Å². The number of amides is 1. The van der Waals surface area contributed by atoms with Crippen LogP contribution in [0.2, 0.25) is 0 Å². The van der Waals surface area contributed by atoms with Gasteiger partial charge in [-0.1, -0.05) is 24.3 Å². The molecule has 1 aromatic carbocycles. The number of aromatic nitrogens is 1. The lowest BCUT2D eigenvalue weighted by molar-refractivity contribution is -0.129. The van der Waals surface area contributed by atoms with Gasteiger partial charge in [0.2, 0.25) is 15.9 Å². The summed E-state index contributed by atoms with van der Waals surface area (Å²) < 4.78 is 28.6.